The molecule has 0 aromatic heterocycles. The van der Waals surface area contributed by atoms with Gasteiger partial charge in [-0.15, -0.1) is 6.07 Å². The van der Waals surface area contributed by atoms with Crippen LogP contribution in [0.25, 0.3) is 0 Å². The van der Waals surface area contributed by atoms with E-state index in [2.05, 4.69) is 40.8 Å². The van der Waals surface area contributed by atoms with Gasteiger partial charge in [-0.05, 0) is 18.1 Å². The molecule has 104 valence electrons. The smallest absolute Gasteiger partial charge is 1.00 e. The molecule has 1 aromatic rings. The van der Waals surface area contributed by atoms with E-state index in [4.69, 9.17) is 9.16 Å². The standard InChI is InChI=1S/C14H23O2Si.ClH.Mg/c1-11-8-9-12(13(10-11)15-5)16-17(6,7)14(2,3)4;;/h8-10H,1H2,2-7H3;1H;/q-1;;+2/p-1. The maximum absolute atomic E-state index is 6.23. The van der Waals surface area contributed by atoms with Crippen molar-refractivity contribution in [2.24, 2.45) is 0 Å². The van der Waals surface area contributed by atoms with Crippen LogP contribution in [-0.2, 0) is 0 Å². The molecule has 0 aliphatic carbocycles. The molecule has 0 radical (unpaired) electrons. The molecule has 0 bridgehead atoms. The van der Waals surface area contributed by atoms with Gasteiger partial charge in [0.05, 0.1) is 7.11 Å². The molecular weight excluding hydrogens is 288 g/mol. The van der Waals surface area contributed by atoms with E-state index in [1.54, 1.807) is 7.11 Å². The minimum absolute atomic E-state index is 0. The van der Waals surface area contributed by atoms with Gasteiger partial charge >= 0.3 is 23.1 Å². The van der Waals surface area contributed by atoms with Gasteiger partial charge in [-0.25, -0.2) is 0 Å². The number of methoxy groups -OCH3 is 1. The third kappa shape index (κ3) is 5.46. The zero-order chi connectivity index (χ0) is 13.3. The van der Waals surface area contributed by atoms with Crippen LogP contribution in [0.4, 0.5) is 0 Å². The van der Waals surface area contributed by atoms with Gasteiger partial charge in [0.25, 0.3) is 8.32 Å². The average molecular weight is 311 g/mol. The Labute approximate surface area is 141 Å². The molecule has 0 amide bonds. The summed E-state index contributed by atoms with van der Waals surface area (Å²) in [6.45, 7) is 15.0. The third-order valence-corrected chi connectivity index (χ3v) is 7.74. The molecule has 0 aliphatic heterocycles. The van der Waals surface area contributed by atoms with Gasteiger partial charge in [0.1, 0.15) is 11.5 Å². The normalized spacial score (nSPS) is 11.1. The fourth-order valence-electron chi connectivity index (χ4n) is 1.22. The average Bonchev–Trinajstić information content (AvgIpc) is 2.18. The molecule has 2 nitrogen and oxygen atoms in total. The predicted octanol–water partition coefficient (Wildman–Crippen LogP) is 0.885. The van der Waals surface area contributed by atoms with E-state index < -0.39 is 8.32 Å². The Morgan fingerprint density at radius 3 is 2.05 bits per heavy atom. The van der Waals surface area contributed by atoms with Crippen molar-refractivity contribution in [3.63, 3.8) is 0 Å². The van der Waals surface area contributed by atoms with Crippen LogP contribution in [0.15, 0.2) is 18.2 Å². The summed E-state index contributed by atoms with van der Waals surface area (Å²) in [5.41, 5.74) is 0.935. The molecule has 0 saturated heterocycles. The van der Waals surface area contributed by atoms with Crippen LogP contribution in [0, 0.1) is 6.92 Å². The van der Waals surface area contributed by atoms with Crippen molar-refractivity contribution in [3.05, 3.63) is 30.7 Å². The van der Waals surface area contributed by atoms with Crippen molar-refractivity contribution < 1.29 is 21.6 Å². The minimum atomic E-state index is -1.81. The Morgan fingerprint density at radius 2 is 1.63 bits per heavy atom. The summed E-state index contributed by atoms with van der Waals surface area (Å²) in [6, 6.07) is 5.80. The number of hydrogen-bond acceptors (Lipinski definition) is 2. The first-order valence-electron chi connectivity index (χ1n) is 5.86. The largest absolute Gasteiger partial charge is 2.00 e. The third-order valence-electron chi connectivity index (χ3n) is 3.40. The van der Waals surface area contributed by atoms with E-state index in [1.165, 1.54) is 0 Å². The molecule has 0 atom stereocenters. The van der Waals surface area contributed by atoms with Crippen LogP contribution in [-0.4, -0.2) is 38.5 Å². The summed E-state index contributed by atoms with van der Waals surface area (Å²) >= 11 is 0. The SMILES string of the molecule is [CH2-]c1ccc(O[Si](C)(C)C(C)(C)C)c(OC)c1.[Cl-].[Mg+2]. The summed E-state index contributed by atoms with van der Waals surface area (Å²) in [5.74, 6) is 1.59. The van der Waals surface area contributed by atoms with Crippen molar-refractivity contribution >= 4 is 31.4 Å². The van der Waals surface area contributed by atoms with Crippen molar-refractivity contribution in [1.82, 2.24) is 0 Å². The summed E-state index contributed by atoms with van der Waals surface area (Å²) in [7, 11) is -0.151. The van der Waals surface area contributed by atoms with Crippen LogP contribution >= 0.6 is 0 Å². The molecule has 1 aromatic carbocycles. The quantitative estimate of drug-likeness (QED) is 0.610. The molecule has 0 heterocycles. The predicted molar refractivity (Wildman–Crippen MR) is 81.0 cm³/mol. The Morgan fingerprint density at radius 1 is 1.11 bits per heavy atom. The van der Waals surface area contributed by atoms with Gasteiger partial charge in [0.15, 0.2) is 0 Å². The van der Waals surface area contributed by atoms with E-state index in [-0.39, 0.29) is 40.5 Å². The molecule has 5 heteroatoms. The molecular formula is C14H23ClMgO2Si. The van der Waals surface area contributed by atoms with Crippen molar-refractivity contribution in [3.8, 4) is 11.5 Å². The Hall–Kier alpha value is -0.0369. The van der Waals surface area contributed by atoms with Crippen LogP contribution < -0.4 is 21.6 Å². The maximum Gasteiger partial charge on any atom is 2.00 e. The van der Waals surface area contributed by atoms with E-state index in [0.29, 0.717) is 0 Å². The second-order valence-corrected chi connectivity index (χ2v) is 10.6. The van der Waals surface area contributed by atoms with Crippen molar-refractivity contribution in [1.29, 1.82) is 0 Å². The molecule has 1 rings (SSSR count). The molecule has 19 heavy (non-hydrogen) atoms. The van der Waals surface area contributed by atoms with E-state index >= 15 is 0 Å². The number of rotatable bonds is 3. The van der Waals surface area contributed by atoms with Crippen LogP contribution in [0.1, 0.15) is 26.3 Å². The summed E-state index contributed by atoms with van der Waals surface area (Å²) < 4.78 is 11.6. The molecule has 0 unspecified atom stereocenters. The molecule has 0 aliphatic rings. The zero-order valence-corrected chi connectivity index (χ0v) is 16.0. The van der Waals surface area contributed by atoms with Gasteiger partial charge in [-0.2, -0.15) is 18.6 Å². The van der Waals surface area contributed by atoms with Crippen molar-refractivity contribution in [2.45, 2.75) is 38.9 Å². The number of halogens is 1. The van der Waals surface area contributed by atoms with Crippen LogP contribution in [0.5, 0.6) is 11.5 Å². The van der Waals surface area contributed by atoms with Crippen molar-refractivity contribution in [2.75, 3.05) is 7.11 Å². The summed E-state index contributed by atoms with van der Waals surface area (Å²) in [4.78, 5) is 0. The fraction of sp³-hybridized carbons (Fsp3) is 0.500. The number of benzene rings is 1. The second-order valence-electron chi connectivity index (χ2n) is 5.85. The summed E-state index contributed by atoms with van der Waals surface area (Å²) in [5, 5.41) is 0.182. The van der Waals surface area contributed by atoms with Gasteiger partial charge in [0.2, 0.25) is 0 Å². The summed E-state index contributed by atoms with van der Waals surface area (Å²) in [6.07, 6.45) is 0. The Balaban J connectivity index is 0. The fourth-order valence-corrected chi connectivity index (χ4v) is 2.25. The first-order valence-corrected chi connectivity index (χ1v) is 8.77. The maximum atomic E-state index is 6.23. The van der Waals surface area contributed by atoms with Gasteiger partial charge in [-0.1, -0.05) is 26.8 Å². The van der Waals surface area contributed by atoms with Gasteiger partial charge in [0, 0.05) is 0 Å². The molecule has 0 saturated carbocycles. The van der Waals surface area contributed by atoms with E-state index in [1.807, 2.05) is 18.2 Å². The zero-order valence-electron chi connectivity index (χ0n) is 12.8. The van der Waals surface area contributed by atoms with Gasteiger partial charge in [-0.3, -0.25) is 0 Å². The number of ether oxygens (including phenoxy) is 1. The minimum Gasteiger partial charge on any atom is -1.00 e. The second kappa shape index (κ2) is 7.67. The Kier molecular flexibility index (Phi) is 8.58. The Bertz CT molecular complexity index is 403. The topological polar surface area (TPSA) is 18.5 Å². The molecule has 0 fully saturated rings. The van der Waals surface area contributed by atoms with E-state index in [9.17, 15) is 0 Å². The first-order chi connectivity index (χ1) is 7.67. The first kappa shape index (κ1) is 21.3. The van der Waals surface area contributed by atoms with Crippen LogP contribution in [0.2, 0.25) is 18.1 Å². The van der Waals surface area contributed by atoms with Crippen LogP contribution in [0.3, 0.4) is 0 Å². The molecule has 0 spiro atoms. The number of hydrogen-bond donors (Lipinski definition) is 0. The van der Waals surface area contributed by atoms with Gasteiger partial charge < -0.3 is 21.6 Å². The molecule has 0 N–H and O–H groups in total. The monoisotopic (exact) mass is 310 g/mol. The van der Waals surface area contributed by atoms with E-state index in [0.717, 1.165) is 17.1 Å².